The Hall–Kier alpha value is -2.87. The van der Waals surface area contributed by atoms with E-state index in [9.17, 15) is 4.79 Å². The maximum absolute atomic E-state index is 12.7. The molecule has 0 spiro atoms. The van der Waals surface area contributed by atoms with Gasteiger partial charge in [0.15, 0.2) is 0 Å². The molecule has 1 N–H and O–H groups in total. The third-order valence-corrected chi connectivity index (χ3v) is 6.94. The van der Waals surface area contributed by atoms with E-state index in [0.717, 1.165) is 71.2 Å². The number of thiophene rings is 1. The first kappa shape index (κ1) is 21.4. The molecule has 1 aliphatic rings. The number of carbonyl (C=O) groups excluding carboxylic acids is 1. The van der Waals surface area contributed by atoms with E-state index >= 15 is 0 Å². The molecule has 1 saturated heterocycles. The third kappa shape index (κ3) is 4.44. The Morgan fingerprint density at radius 1 is 1.13 bits per heavy atom. The van der Waals surface area contributed by atoms with E-state index in [4.69, 9.17) is 4.74 Å². The van der Waals surface area contributed by atoms with Crippen molar-refractivity contribution in [3.63, 3.8) is 0 Å². The topological polar surface area (TPSA) is 70.6 Å². The van der Waals surface area contributed by atoms with Crippen LogP contribution in [0, 0.1) is 6.92 Å². The van der Waals surface area contributed by atoms with Gasteiger partial charge < -0.3 is 19.9 Å². The fourth-order valence-electron chi connectivity index (χ4n) is 3.94. The van der Waals surface area contributed by atoms with Gasteiger partial charge in [0.25, 0.3) is 5.91 Å². The highest BCUT2D eigenvalue weighted by Gasteiger charge is 2.24. The summed E-state index contributed by atoms with van der Waals surface area (Å²) >= 11 is 1.46. The number of hydrogen-bond acceptors (Lipinski definition) is 7. The summed E-state index contributed by atoms with van der Waals surface area (Å²) in [5.41, 5.74) is 2.17. The molecule has 1 amide bonds. The van der Waals surface area contributed by atoms with Crippen LogP contribution < -0.4 is 19.9 Å². The molecule has 0 bridgehead atoms. The van der Waals surface area contributed by atoms with Gasteiger partial charge in [-0.2, -0.15) is 0 Å². The van der Waals surface area contributed by atoms with Gasteiger partial charge in [-0.15, -0.1) is 11.3 Å². The molecule has 3 aromatic rings. The molecule has 0 saturated carbocycles. The number of carbonyl (C=O) groups is 1. The average molecular weight is 440 g/mol. The summed E-state index contributed by atoms with van der Waals surface area (Å²) in [6.45, 7) is 8.38. The number of nitrogens with zero attached hydrogens (tertiary/aromatic N) is 4. The SMILES string of the molecule is CCCCNC(=O)c1sc2ncnc(N3CCN(c4ccc(OC)cc4)CC3)c2c1C. The van der Waals surface area contributed by atoms with E-state index in [-0.39, 0.29) is 5.91 Å². The lowest BCUT2D eigenvalue weighted by atomic mass is 10.1. The molecule has 1 fully saturated rings. The van der Waals surface area contributed by atoms with Crippen molar-refractivity contribution in [1.82, 2.24) is 15.3 Å². The van der Waals surface area contributed by atoms with Crippen molar-refractivity contribution in [1.29, 1.82) is 0 Å². The van der Waals surface area contributed by atoms with Crippen LogP contribution in [0.15, 0.2) is 30.6 Å². The first-order valence-corrected chi connectivity index (χ1v) is 11.6. The Bertz CT molecular complexity index is 1040. The van der Waals surface area contributed by atoms with Crippen LogP contribution in [0.25, 0.3) is 10.2 Å². The summed E-state index contributed by atoms with van der Waals surface area (Å²) in [5.74, 6) is 1.79. The largest absolute Gasteiger partial charge is 0.497 e. The van der Waals surface area contributed by atoms with Crippen molar-refractivity contribution in [2.75, 3.05) is 49.6 Å². The predicted octanol–water partition coefficient (Wildman–Crippen LogP) is 3.86. The monoisotopic (exact) mass is 439 g/mol. The normalized spacial score (nSPS) is 14.2. The molecule has 0 radical (unpaired) electrons. The van der Waals surface area contributed by atoms with Gasteiger partial charge in [-0.05, 0) is 43.2 Å². The van der Waals surface area contributed by atoms with Crippen LogP contribution >= 0.6 is 11.3 Å². The lowest BCUT2D eigenvalue weighted by Gasteiger charge is -2.37. The molecule has 164 valence electrons. The highest BCUT2D eigenvalue weighted by Crippen LogP contribution is 2.35. The van der Waals surface area contributed by atoms with Gasteiger partial charge in [0.1, 0.15) is 22.7 Å². The third-order valence-electron chi connectivity index (χ3n) is 5.75. The van der Waals surface area contributed by atoms with Crippen LogP contribution in [-0.4, -0.2) is 55.7 Å². The second-order valence-corrected chi connectivity index (χ2v) is 8.71. The van der Waals surface area contributed by atoms with Gasteiger partial charge in [-0.3, -0.25) is 4.79 Å². The zero-order valence-corrected chi connectivity index (χ0v) is 19.2. The maximum Gasteiger partial charge on any atom is 0.261 e. The number of nitrogens with one attached hydrogen (secondary N) is 1. The molecular weight excluding hydrogens is 410 g/mol. The molecule has 1 aromatic carbocycles. The second kappa shape index (κ2) is 9.51. The zero-order chi connectivity index (χ0) is 21.8. The number of unbranched alkanes of at least 4 members (excludes halogenated alkanes) is 1. The number of aromatic nitrogens is 2. The lowest BCUT2D eigenvalue weighted by Crippen LogP contribution is -2.46. The van der Waals surface area contributed by atoms with E-state index in [2.05, 4.69) is 44.1 Å². The summed E-state index contributed by atoms with van der Waals surface area (Å²) < 4.78 is 5.26. The zero-order valence-electron chi connectivity index (χ0n) is 18.4. The molecular formula is C23H29N5O2S. The van der Waals surface area contributed by atoms with E-state index in [1.54, 1.807) is 13.4 Å². The fraction of sp³-hybridized carbons (Fsp3) is 0.435. The lowest BCUT2D eigenvalue weighted by molar-refractivity contribution is 0.0956. The number of rotatable bonds is 7. The molecule has 0 aliphatic carbocycles. The molecule has 31 heavy (non-hydrogen) atoms. The molecule has 1 aliphatic heterocycles. The van der Waals surface area contributed by atoms with E-state index in [1.165, 1.54) is 17.0 Å². The molecule has 0 unspecified atom stereocenters. The van der Waals surface area contributed by atoms with Gasteiger partial charge in [0.05, 0.1) is 17.4 Å². The highest BCUT2D eigenvalue weighted by atomic mass is 32.1. The van der Waals surface area contributed by atoms with Crippen molar-refractivity contribution in [2.24, 2.45) is 0 Å². The van der Waals surface area contributed by atoms with Crippen molar-refractivity contribution in [3.05, 3.63) is 41.0 Å². The first-order chi connectivity index (χ1) is 15.1. The van der Waals surface area contributed by atoms with Crippen LogP contribution in [0.4, 0.5) is 11.5 Å². The quantitative estimate of drug-likeness (QED) is 0.564. The van der Waals surface area contributed by atoms with Crippen molar-refractivity contribution < 1.29 is 9.53 Å². The highest BCUT2D eigenvalue weighted by molar-refractivity contribution is 7.20. The van der Waals surface area contributed by atoms with Crippen LogP contribution in [-0.2, 0) is 0 Å². The standard InChI is InChI=1S/C23H29N5O2S/c1-4-5-10-24-22(29)20-16(2)19-21(25-15-26-23(19)31-20)28-13-11-27(12-14-28)17-6-8-18(30-3)9-7-17/h6-9,15H,4-5,10-14H2,1-3H3,(H,24,29). The van der Waals surface area contributed by atoms with E-state index in [0.29, 0.717) is 6.54 Å². The molecule has 2 aromatic heterocycles. The minimum absolute atomic E-state index is 0.00998. The Balaban J connectivity index is 1.51. The number of hydrogen-bond donors (Lipinski definition) is 1. The molecule has 0 atom stereocenters. The van der Waals surface area contributed by atoms with Crippen molar-refractivity contribution >= 4 is 39.0 Å². The smallest absolute Gasteiger partial charge is 0.261 e. The Labute approximate surface area is 187 Å². The Morgan fingerprint density at radius 3 is 2.52 bits per heavy atom. The summed E-state index contributed by atoms with van der Waals surface area (Å²) in [5, 5.41) is 4.03. The molecule has 8 heteroatoms. The van der Waals surface area contributed by atoms with Crippen molar-refractivity contribution in [2.45, 2.75) is 26.7 Å². The number of aryl methyl sites for hydroxylation is 1. The number of fused-ring (bicyclic) bond motifs is 1. The number of ether oxygens (including phenoxy) is 1. The second-order valence-electron chi connectivity index (χ2n) is 7.72. The first-order valence-electron chi connectivity index (χ1n) is 10.8. The molecule has 3 heterocycles. The summed E-state index contributed by atoms with van der Waals surface area (Å²) in [7, 11) is 1.68. The average Bonchev–Trinajstić information content (AvgIpc) is 3.16. The summed E-state index contributed by atoms with van der Waals surface area (Å²) in [6, 6.07) is 8.20. The van der Waals surface area contributed by atoms with Crippen LogP contribution in [0.1, 0.15) is 35.0 Å². The summed E-state index contributed by atoms with van der Waals surface area (Å²) in [6.07, 6.45) is 3.66. The van der Waals surface area contributed by atoms with Gasteiger partial charge in [-0.1, -0.05) is 13.3 Å². The van der Waals surface area contributed by atoms with Gasteiger partial charge in [0, 0.05) is 38.4 Å². The predicted molar refractivity (Wildman–Crippen MR) is 127 cm³/mol. The number of amides is 1. The Kier molecular flexibility index (Phi) is 6.56. The van der Waals surface area contributed by atoms with E-state index < -0.39 is 0 Å². The number of piperazine rings is 1. The number of benzene rings is 1. The minimum Gasteiger partial charge on any atom is -0.497 e. The van der Waals surface area contributed by atoms with Crippen LogP contribution in [0.3, 0.4) is 0 Å². The maximum atomic E-state index is 12.7. The van der Waals surface area contributed by atoms with Gasteiger partial charge in [-0.25, -0.2) is 9.97 Å². The van der Waals surface area contributed by atoms with Crippen molar-refractivity contribution in [3.8, 4) is 5.75 Å². The van der Waals surface area contributed by atoms with Crippen LogP contribution in [0.2, 0.25) is 0 Å². The number of methoxy groups -OCH3 is 1. The van der Waals surface area contributed by atoms with E-state index in [1.807, 2.05) is 19.1 Å². The van der Waals surface area contributed by atoms with Crippen LogP contribution in [0.5, 0.6) is 5.75 Å². The molecule has 4 rings (SSSR count). The summed E-state index contributed by atoms with van der Waals surface area (Å²) in [4.78, 5) is 28.0. The van der Waals surface area contributed by atoms with Gasteiger partial charge in [0.2, 0.25) is 0 Å². The minimum atomic E-state index is -0.00998. The number of anilines is 2. The Morgan fingerprint density at radius 2 is 1.84 bits per heavy atom. The molecule has 7 nitrogen and oxygen atoms in total. The fourth-order valence-corrected chi connectivity index (χ4v) is 5.00. The van der Waals surface area contributed by atoms with Gasteiger partial charge >= 0.3 is 0 Å².